The molecule has 0 saturated heterocycles. The minimum atomic E-state index is 0.719. The average Bonchev–Trinajstić information content (AvgIpc) is 2.42. The predicted molar refractivity (Wildman–Crippen MR) is 92.6 cm³/mol. The summed E-state index contributed by atoms with van der Waals surface area (Å²) in [5.41, 5.74) is 0.847. The summed E-state index contributed by atoms with van der Waals surface area (Å²) in [5.74, 6) is 0.847. The molecule has 0 N–H and O–H groups in total. The fourth-order valence-electron chi connectivity index (χ4n) is 1.83. The van der Waals surface area contributed by atoms with Gasteiger partial charge in [-0.25, -0.2) is 0 Å². The number of alkyl halides is 1. The van der Waals surface area contributed by atoms with Crippen LogP contribution < -0.4 is 4.74 Å². The van der Waals surface area contributed by atoms with Gasteiger partial charge >= 0.3 is 0 Å². The Bertz CT molecular complexity index is 564. The van der Waals surface area contributed by atoms with Crippen molar-refractivity contribution in [1.82, 2.24) is 4.98 Å². The summed E-state index contributed by atoms with van der Waals surface area (Å²) >= 11 is 11.9. The zero-order valence-corrected chi connectivity index (χ0v) is 14.8. The van der Waals surface area contributed by atoms with Crippen molar-refractivity contribution >= 4 is 61.0 Å². The van der Waals surface area contributed by atoms with Crippen molar-refractivity contribution in [2.45, 2.75) is 19.3 Å². The van der Waals surface area contributed by atoms with Crippen LogP contribution in [0.1, 0.15) is 19.3 Å². The number of fused-ring (bicyclic) bond motifs is 1. The molecule has 102 valence electrons. The Morgan fingerprint density at radius 3 is 2.95 bits per heavy atom. The summed E-state index contributed by atoms with van der Waals surface area (Å²) in [6, 6.07) is 5.79. The van der Waals surface area contributed by atoms with Crippen molar-refractivity contribution in [3.63, 3.8) is 0 Å². The van der Waals surface area contributed by atoms with Crippen LogP contribution in [0.2, 0.25) is 5.02 Å². The first kappa shape index (κ1) is 15.3. The van der Waals surface area contributed by atoms with E-state index in [0.29, 0.717) is 0 Å². The molecule has 0 saturated carbocycles. The lowest BCUT2D eigenvalue weighted by Gasteiger charge is -2.11. The molecule has 2 nitrogen and oxygen atoms in total. The first-order valence-corrected chi connectivity index (χ1v) is 8.73. The van der Waals surface area contributed by atoms with Crippen LogP contribution in [0.15, 0.2) is 24.4 Å². The fraction of sp³-hybridized carbons (Fsp3) is 0.357. The first-order chi connectivity index (χ1) is 9.24. The number of aromatic nitrogens is 1. The molecule has 0 amide bonds. The maximum atomic E-state index is 6.23. The van der Waals surface area contributed by atoms with Gasteiger partial charge in [-0.05, 0) is 60.1 Å². The second-order valence-corrected chi connectivity index (χ2v) is 6.53. The van der Waals surface area contributed by atoms with Crippen LogP contribution in [0.3, 0.4) is 0 Å². The highest BCUT2D eigenvalue weighted by atomic mass is 127. The molecule has 0 fully saturated rings. The van der Waals surface area contributed by atoms with Crippen LogP contribution in [0.25, 0.3) is 10.9 Å². The van der Waals surface area contributed by atoms with Crippen LogP contribution in [0.5, 0.6) is 5.75 Å². The number of unbranched alkanes of at least 4 members (excludes halogenated alkanes) is 2. The number of hydrogen-bond donors (Lipinski definition) is 0. The third-order valence-corrected chi connectivity index (χ3v) is 4.45. The SMILES string of the molecule is Clc1cc(I)c(OCCCCCBr)c2ncccc12. The summed E-state index contributed by atoms with van der Waals surface area (Å²) < 4.78 is 6.92. The van der Waals surface area contributed by atoms with Crippen LogP contribution in [-0.2, 0) is 0 Å². The number of nitrogens with zero attached hydrogens (tertiary/aromatic N) is 1. The van der Waals surface area contributed by atoms with Crippen LogP contribution in [-0.4, -0.2) is 16.9 Å². The van der Waals surface area contributed by atoms with Gasteiger partial charge in [-0.3, -0.25) is 4.98 Å². The number of ether oxygens (including phenoxy) is 1. The van der Waals surface area contributed by atoms with Gasteiger partial charge in [0, 0.05) is 16.9 Å². The van der Waals surface area contributed by atoms with Gasteiger partial charge < -0.3 is 4.74 Å². The van der Waals surface area contributed by atoms with E-state index in [2.05, 4.69) is 43.5 Å². The number of pyridine rings is 1. The molecule has 0 unspecified atom stereocenters. The number of hydrogen-bond acceptors (Lipinski definition) is 2. The summed E-state index contributed by atoms with van der Waals surface area (Å²) in [7, 11) is 0. The highest BCUT2D eigenvalue weighted by Crippen LogP contribution is 2.34. The van der Waals surface area contributed by atoms with Crippen molar-refractivity contribution in [2.24, 2.45) is 0 Å². The molecule has 0 atom stereocenters. The largest absolute Gasteiger partial charge is 0.490 e. The zero-order chi connectivity index (χ0) is 13.7. The molecule has 0 spiro atoms. The molecule has 2 rings (SSSR count). The maximum Gasteiger partial charge on any atom is 0.158 e. The quantitative estimate of drug-likeness (QED) is 0.330. The van der Waals surface area contributed by atoms with Crippen LogP contribution >= 0.6 is 50.1 Å². The molecule has 0 aliphatic carbocycles. The Kier molecular flexibility index (Phi) is 6.16. The molecule has 0 radical (unpaired) electrons. The molecule has 1 aromatic carbocycles. The Morgan fingerprint density at radius 2 is 2.16 bits per heavy atom. The van der Waals surface area contributed by atoms with Crippen molar-refractivity contribution in [1.29, 1.82) is 0 Å². The van der Waals surface area contributed by atoms with Gasteiger partial charge in [0.2, 0.25) is 0 Å². The predicted octanol–water partition coefficient (Wildman–Crippen LogP) is 5.44. The van der Waals surface area contributed by atoms with Gasteiger partial charge in [0.1, 0.15) is 5.52 Å². The van der Waals surface area contributed by atoms with Crippen LogP contribution in [0, 0.1) is 3.57 Å². The second-order valence-electron chi connectivity index (χ2n) is 4.17. The minimum Gasteiger partial charge on any atom is -0.490 e. The Balaban J connectivity index is 2.18. The third-order valence-electron chi connectivity index (χ3n) is 2.77. The Hall–Kier alpha value is -0.0700. The van der Waals surface area contributed by atoms with Crippen molar-refractivity contribution < 1.29 is 4.74 Å². The van der Waals surface area contributed by atoms with Crippen molar-refractivity contribution in [3.05, 3.63) is 33.0 Å². The molecule has 19 heavy (non-hydrogen) atoms. The van der Waals surface area contributed by atoms with Crippen molar-refractivity contribution in [3.8, 4) is 5.75 Å². The van der Waals surface area contributed by atoms with E-state index in [9.17, 15) is 0 Å². The Morgan fingerprint density at radius 1 is 1.32 bits per heavy atom. The Labute approximate surface area is 140 Å². The maximum absolute atomic E-state index is 6.23. The molecular weight excluding hydrogens is 440 g/mol. The number of rotatable bonds is 6. The van der Waals surface area contributed by atoms with E-state index in [1.165, 1.54) is 12.8 Å². The van der Waals surface area contributed by atoms with Crippen molar-refractivity contribution in [2.75, 3.05) is 11.9 Å². The fourth-order valence-corrected chi connectivity index (χ4v) is 3.40. The molecular formula is C14H14BrClINO. The van der Waals surface area contributed by atoms with E-state index in [1.807, 2.05) is 18.2 Å². The number of halogens is 3. The molecule has 0 bridgehead atoms. The van der Waals surface area contributed by atoms with E-state index < -0.39 is 0 Å². The summed E-state index contributed by atoms with van der Waals surface area (Å²) in [6.45, 7) is 0.719. The minimum absolute atomic E-state index is 0.719. The van der Waals surface area contributed by atoms with E-state index >= 15 is 0 Å². The molecule has 1 aromatic heterocycles. The summed E-state index contributed by atoms with van der Waals surface area (Å²) in [6.07, 6.45) is 5.17. The van der Waals surface area contributed by atoms with E-state index in [1.54, 1.807) is 6.20 Å². The lowest BCUT2D eigenvalue weighted by atomic mass is 10.2. The smallest absolute Gasteiger partial charge is 0.158 e. The van der Waals surface area contributed by atoms with E-state index in [-0.39, 0.29) is 0 Å². The van der Waals surface area contributed by atoms with Gasteiger partial charge in [-0.15, -0.1) is 0 Å². The molecule has 5 heteroatoms. The van der Waals surface area contributed by atoms with Crippen LogP contribution in [0.4, 0.5) is 0 Å². The normalized spacial score (nSPS) is 10.9. The third kappa shape index (κ3) is 3.95. The van der Waals surface area contributed by atoms with Gasteiger partial charge in [-0.2, -0.15) is 0 Å². The first-order valence-electron chi connectivity index (χ1n) is 6.15. The van der Waals surface area contributed by atoms with Gasteiger partial charge in [0.15, 0.2) is 5.75 Å². The molecule has 0 aliphatic rings. The van der Waals surface area contributed by atoms with Gasteiger partial charge in [-0.1, -0.05) is 27.5 Å². The molecule has 1 heterocycles. The highest BCUT2D eigenvalue weighted by molar-refractivity contribution is 14.1. The monoisotopic (exact) mass is 453 g/mol. The van der Waals surface area contributed by atoms with Gasteiger partial charge in [0.25, 0.3) is 0 Å². The topological polar surface area (TPSA) is 22.1 Å². The van der Waals surface area contributed by atoms with E-state index in [4.69, 9.17) is 16.3 Å². The lowest BCUT2D eigenvalue weighted by molar-refractivity contribution is 0.307. The van der Waals surface area contributed by atoms with Gasteiger partial charge in [0.05, 0.1) is 15.2 Å². The molecule has 2 aromatic rings. The molecule has 0 aliphatic heterocycles. The summed E-state index contributed by atoms with van der Waals surface area (Å²) in [4.78, 5) is 4.40. The zero-order valence-electron chi connectivity index (χ0n) is 10.3. The lowest BCUT2D eigenvalue weighted by Crippen LogP contribution is -2.00. The number of benzene rings is 1. The van der Waals surface area contributed by atoms with E-state index in [0.717, 1.165) is 43.6 Å². The highest BCUT2D eigenvalue weighted by Gasteiger charge is 2.11. The average molecular weight is 455 g/mol. The second kappa shape index (κ2) is 7.64. The summed E-state index contributed by atoms with van der Waals surface area (Å²) in [5, 5.41) is 2.72. The standard InChI is InChI=1S/C14H14BrClINO/c15-6-2-1-3-8-19-14-12(17)9-11(16)10-5-4-7-18-13(10)14/h4-5,7,9H,1-3,6,8H2.